The molecule has 4 N–H and O–H groups in total. The number of nitrogens with zero attached hydrogens (tertiary/aromatic N) is 4. The molecule has 1 aliphatic rings. The Morgan fingerprint density at radius 1 is 1.15 bits per heavy atom. The van der Waals surface area contributed by atoms with Gasteiger partial charge in [0.2, 0.25) is 5.95 Å². The van der Waals surface area contributed by atoms with Crippen LogP contribution in [-0.4, -0.2) is 47.0 Å². The molecule has 2 aromatic carbocycles. The minimum Gasteiger partial charge on any atom is -0.368 e. The number of H-pyrrole nitrogens is 1. The zero-order valence-corrected chi connectivity index (χ0v) is 18.5. The second-order valence-electron chi connectivity index (χ2n) is 7.85. The van der Waals surface area contributed by atoms with Crippen LogP contribution in [0.3, 0.4) is 0 Å². The number of aromatic amines is 1. The van der Waals surface area contributed by atoms with Gasteiger partial charge in [-0.1, -0.05) is 30.3 Å². The number of anilines is 3. The molecule has 2 aromatic heterocycles. The molecule has 4 aromatic rings. The summed E-state index contributed by atoms with van der Waals surface area (Å²) in [6.45, 7) is 1.62. The van der Waals surface area contributed by atoms with E-state index in [0.29, 0.717) is 34.5 Å². The van der Waals surface area contributed by atoms with E-state index in [1.165, 1.54) is 35.5 Å². The molecule has 1 atom stereocenters. The van der Waals surface area contributed by atoms with Crippen molar-refractivity contribution in [1.82, 2.24) is 20.2 Å². The number of sulfonamides is 1. The molecule has 0 bridgehead atoms. The third-order valence-electron chi connectivity index (χ3n) is 5.63. The normalized spacial score (nSPS) is 15.9. The summed E-state index contributed by atoms with van der Waals surface area (Å²) in [5.41, 5.74) is 8.30. The molecule has 33 heavy (non-hydrogen) atoms. The van der Waals surface area contributed by atoms with Gasteiger partial charge in [-0.2, -0.15) is 15.1 Å². The molecule has 3 heterocycles. The predicted octanol–water partition coefficient (Wildman–Crippen LogP) is 2.37. The minimum atomic E-state index is -3.88. The van der Waals surface area contributed by atoms with Crippen LogP contribution in [-0.2, 0) is 16.4 Å². The summed E-state index contributed by atoms with van der Waals surface area (Å²) in [7, 11) is -3.88. The molecule has 0 spiro atoms. The van der Waals surface area contributed by atoms with E-state index in [1.54, 1.807) is 12.3 Å². The highest BCUT2D eigenvalue weighted by molar-refractivity contribution is 7.92. The van der Waals surface area contributed by atoms with Gasteiger partial charge in [0.1, 0.15) is 5.82 Å². The van der Waals surface area contributed by atoms with Crippen LogP contribution in [0.25, 0.3) is 11.0 Å². The lowest BCUT2D eigenvalue weighted by molar-refractivity contribution is 0.101. The molecule has 0 saturated heterocycles. The Bertz CT molecular complexity index is 1470. The Hall–Kier alpha value is -3.99. The van der Waals surface area contributed by atoms with Gasteiger partial charge in [-0.05, 0) is 37.1 Å². The molecule has 1 unspecified atom stereocenters. The first kappa shape index (κ1) is 20.9. The molecule has 0 aliphatic carbocycles. The number of hydrogen-bond acceptors (Lipinski definition) is 8. The number of Topliss-reactive ketones (excluding diaryl/α,β-unsaturated/α-hetero) is 1. The SMILES string of the molecule is CC(=O)c1ccc(S(=O)(=O)N2CC(Nc3nc(N)nc4[nH]ncc34)Cc3ccccc32)cc1. The van der Waals surface area contributed by atoms with Crippen molar-refractivity contribution in [2.24, 2.45) is 0 Å². The van der Waals surface area contributed by atoms with Crippen LogP contribution < -0.4 is 15.4 Å². The highest BCUT2D eigenvalue weighted by Crippen LogP contribution is 2.33. The Kier molecular flexibility index (Phi) is 4.97. The first-order valence-electron chi connectivity index (χ1n) is 10.3. The van der Waals surface area contributed by atoms with Crippen molar-refractivity contribution in [1.29, 1.82) is 0 Å². The van der Waals surface area contributed by atoms with Crippen LogP contribution in [0.15, 0.2) is 59.6 Å². The summed E-state index contributed by atoms with van der Waals surface area (Å²) in [6, 6.07) is 13.1. The molecule has 168 valence electrons. The number of aromatic nitrogens is 4. The number of fused-ring (bicyclic) bond motifs is 2. The second kappa shape index (κ2) is 7.85. The van der Waals surface area contributed by atoms with Crippen molar-refractivity contribution in [2.75, 3.05) is 21.9 Å². The minimum absolute atomic E-state index is 0.0838. The predicted molar refractivity (Wildman–Crippen MR) is 125 cm³/mol. The van der Waals surface area contributed by atoms with Gasteiger partial charge in [-0.15, -0.1) is 0 Å². The van der Waals surface area contributed by atoms with E-state index in [9.17, 15) is 13.2 Å². The van der Waals surface area contributed by atoms with Crippen molar-refractivity contribution >= 4 is 44.3 Å². The van der Waals surface area contributed by atoms with E-state index in [-0.39, 0.29) is 29.2 Å². The zero-order chi connectivity index (χ0) is 23.2. The third kappa shape index (κ3) is 3.76. The van der Waals surface area contributed by atoms with Gasteiger partial charge < -0.3 is 11.1 Å². The van der Waals surface area contributed by atoms with Gasteiger partial charge in [0.15, 0.2) is 11.4 Å². The Labute approximate surface area is 189 Å². The van der Waals surface area contributed by atoms with E-state index in [0.717, 1.165) is 5.56 Å². The monoisotopic (exact) mass is 463 g/mol. The summed E-state index contributed by atoms with van der Waals surface area (Å²) in [5.74, 6) is 0.445. The van der Waals surface area contributed by atoms with Crippen LogP contribution >= 0.6 is 0 Å². The summed E-state index contributed by atoms with van der Waals surface area (Å²) >= 11 is 0. The van der Waals surface area contributed by atoms with Gasteiger partial charge >= 0.3 is 0 Å². The molecule has 0 radical (unpaired) electrons. The van der Waals surface area contributed by atoms with Gasteiger partial charge in [0.05, 0.1) is 34.8 Å². The number of benzene rings is 2. The van der Waals surface area contributed by atoms with Gasteiger partial charge in [0, 0.05) is 5.56 Å². The highest BCUT2D eigenvalue weighted by atomic mass is 32.2. The average molecular weight is 464 g/mol. The molecule has 1 aliphatic heterocycles. The fraction of sp³-hybridized carbons (Fsp3) is 0.182. The molecule has 10 nitrogen and oxygen atoms in total. The number of ketones is 1. The Morgan fingerprint density at radius 3 is 2.67 bits per heavy atom. The number of hydrogen-bond donors (Lipinski definition) is 3. The molecular formula is C22H21N7O3S. The lowest BCUT2D eigenvalue weighted by Crippen LogP contribution is -2.45. The molecule has 11 heteroatoms. The number of carbonyl (C=O) groups is 1. The third-order valence-corrected chi connectivity index (χ3v) is 7.42. The molecule has 0 amide bonds. The average Bonchev–Trinajstić information content (AvgIpc) is 3.27. The maximum Gasteiger partial charge on any atom is 0.264 e. The zero-order valence-electron chi connectivity index (χ0n) is 17.7. The van der Waals surface area contributed by atoms with Crippen LogP contribution in [0, 0.1) is 0 Å². The maximum atomic E-state index is 13.6. The van der Waals surface area contributed by atoms with E-state index < -0.39 is 10.0 Å². The number of rotatable bonds is 5. The van der Waals surface area contributed by atoms with E-state index >= 15 is 0 Å². The first-order valence-corrected chi connectivity index (χ1v) is 11.7. The van der Waals surface area contributed by atoms with Crippen molar-refractivity contribution < 1.29 is 13.2 Å². The Balaban J connectivity index is 1.52. The smallest absolute Gasteiger partial charge is 0.264 e. The fourth-order valence-electron chi connectivity index (χ4n) is 4.02. The van der Waals surface area contributed by atoms with Crippen LogP contribution in [0.5, 0.6) is 0 Å². The lowest BCUT2D eigenvalue weighted by atomic mass is 9.99. The van der Waals surface area contributed by atoms with Crippen molar-refractivity contribution in [3.05, 3.63) is 65.9 Å². The topological polar surface area (TPSA) is 147 Å². The molecule has 5 rings (SSSR count). The number of para-hydroxylation sites is 1. The molecule has 0 saturated carbocycles. The van der Waals surface area contributed by atoms with E-state index in [2.05, 4.69) is 25.5 Å². The van der Waals surface area contributed by atoms with Gasteiger partial charge in [-0.3, -0.25) is 14.2 Å². The van der Waals surface area contributed by atoms with Crippen LogP contribution in [0.1, 0.15) is 22.8 Å². The number of nitrogen functional groups attached to an aromatic ring is 1. The molecular weight excluding hydrogens is 442 g/mol. The van der Waals surface area contributed by atoms with Gasteiger partial charge in [-0.25, -0.2) is 8.42 Å². The van der Waals surface area contributed by atoms with Crippen LogP contribution in [0.4, 0.5) is 17.5 Å². The Morgan fingerprint density at radius 2 is 1.91 bits per heavy atom. The van der Waals surface area contributed by atoms with E-state index in [1.807, 2.05) is 18.2 Å². The number of carbonyl (C=O) groups excluding carboxylic acids is 1. The summed E-state index contributed by atoms with van der Waals surface area (Å²) in [5, 5.41) is 10.8. The van der Waals surface area contributed by atoms with Crippen molar-refractivity contribution in [3.63, 3.8) is 0 Å². The standard InChI is InChI=1S/C22H21N7O3S/c1-13(30)14-6-8-17(9-7-14)33(31,32)29-12-16(10-15-4-2-3-5-19(15)29)25-20-18-11-24-28-21(18)27-22(23)26-20/h2-9,11,16H,10,12H2,1H3,(H4,23,24,25,26,27,28). The quantitative estimate of drug-likeness (QED) is 0.382. The summed E-state index contributed by atoms with van der Waals surface area (Å²) in [4.78, 5) is 20.1. The second-order valence-corrected chi connectivity index (χ2v) is 9.72. The number of nitrogens with two attached hydrogens (primary N) is 1. The lowest BCUT2D eigenvalue weighted by Gasteiger charge is -2.35. The number of nitrogens with one attached hydrogen (secondary N) is 2. The van der Waals surface area contributed by atoms with Crippen LogP contribution in [0.2, 0.25) is 0 Å². The summed E-state index contributed by atoms with van der Waals surface area (Å²) < 4.78 is 28.6. The maximum absolute atomic E-state index is 13.6. The van der Waals surface area contributed by atoms with Gasteiger partial charge in [0.25, 0.3) is 10.0 Å². The fourth-order valence-corrected chi connectivity index (χ4v) is 5.57. The highest BCUT2D eigenvalue weighted by Gasteiger charge is 2.33. The molecule has 0 fully saturated rings. The van der Waals surface area contributed by atoms with Crippen molar-refractivity contribution in [2.45, 2.75) is 24.3 Å². The summed E-state index contributed by atoms with van der Waals surface area (Å²) in [6.07, 6.45) is 2.19. The largest absolute Gasteiger partial charge is 0.368 e. The van der Waals surface area contributed by atoms with E-state index in [4.69, 9.17) is 5.73 Å². The first-order chi connectivity index (χ1) is 15.8. The van der Waals surface area contributed by atoms with Crippen molar-refractivity contribution in [3.8, 4) is 0 Å².